The average molecular weight is 468 g/mol. The number of aromatic nitrogens is 5. The van der Waals surface area contributed by atoms with Gasteiger partial charge in [-0.1, -0.05) is 53.2 Å². The number of carbonyl (C=O) groups is 2. The van der Waals surface area contributed by atoms with Crippen molar-refractivity contribution in [1.82, 2.24) is 30.0 Å². The van der Waals surface area contributed by atoms with Crippen LogP contribution in [-0.4, -0.2) is 41.8 Å². The van der Waals surface area contributed by atoms with Gasteiger partial charge in [-0.3, -0.25) is 14.5 Å². The van der Waals surface area contributed by atoms with Crippen molar-refractivity contribution in [3.05, 3.63) is 71.6 Å². The number of nitrogens with one attached hydrogen (secondary N) is 1. The van der Waals surface area contributed by atoms with Gasteiger partial charge >= 0.3 is 0 Å². The molecule has 4 aromatic rings. The Kier molecular flexibility index (Phi) is 4.76. The minimum atomic E-state index is -0.485. The standard InChI is InChI=1S/C24H20N8O3/c1-12-7-9-14(10-8-12)26-24-29-18(28-23(25)30-24)19-27-20(35-31-19)15-16-17(15)22(34)32(21(16)33)11-13-5-3-2-4-6-13/h2-10,15-17H,11H2,1H3,(H3,25,26,28,29,30). The van der Waals surface area contributed by atoms with E-state index in [0.29, 0.717) is 0 Å². The van der Waals surface area contributed by atoms with Crippen LogP contribution in [0, 0.1) is 18.8 Å². The third kappa shape index (κ3) is 3.76. The Hall–Kier alpha value is -4.67. The monoisotopic (exact) mass is 468 g/mol. The molecule has 35 heavy (non-hydrogen) atoms. The summed E-state index contributed by atoms with van der Waals surface area (Å²) in [7, 11) is 0. The van der Waals surface area contributed by atoms with E-state index in [1.165, 1.54) is 4.90 Å². The number of carbonyl (C=O) groups excluding carboxylic acids is 2. The van der Waals surface area contributed by atoms with Crippen molar-refractivity contribution in [2.45, 2.75) is 19.4 Å². The van der Waals surface area contributed by atoms with E-state index in [9.17, 15) is 9.59 Å². The number of likely N-dealkylation sites (tertiary alicyclic amines) is 1. The molecular formula is C24H20N8O3. The molecule has 2 aromatic carbocycles. The van der Waals surface area contributed by atoms with Crippen LogP contribution in [0.25, 0.3) is 11.6 Å². The summed E-state index contributed by atoms with van der Waals surface area (Å²) in [6.45, 7) is 2.25. The molecule has 2 aliphatic rings. The summed E-state index contributed by atoms with van der Waals surface area (Å²) in [5.41, 5.74) is 8.66. The lowest BCUT2D eigenvalue weighted by atomic mass is 10.2. The third-order valence-corrected chi connectivity index (χ3v) is 6.19. The van der Waals surface area contributed by atoms with Gasteiger partial charge in [-0.15, -0.1) is 0 Å². The van der Waals surface area contributed by atoms with Gasteiger partial charge in [0.2, 0.25) is 41.3 Å². The predicted octanol–water partition coefficient (Wildman–Crippen LogP) is 2.45. The lowest BCUT2D eigenvalue weighted by Gasteiger charge is -2.17. The lowest BCUT2D eigenvalue weighted by Crippen LogP contribution is -2.33. The molecule has 1 saturated carbocycles. The maximum Gasteiger partial charge on any atom is 0.240 e. The Bertz CT molecular complexity index is 1410. The van der Waals surface area contributed by atoms with Crippen LogP contribution < -0.4 is 11.1 Å². The van der Waals surface area contributed by atoms with Gasteiger partial charge < -0.3 is 15.6 Å². The van der Waals surface area contributed by atoms with Gasteiger partial charge in [0.1, 0.15) is 0 Å². The van der Waals surface area contributed by atoms with Crippen molar-refractivity contribution in [2.24, 2.45) is 11.8 Å². The minimum absolute atomic E-state index is 0.0128. The SMILES string of the molecule is Cc1ccc(Nc2nc(N)nc(-c3noc(C4C5C(=O)N(Cc6ccccc6)C(=O)C54)n3)n2)cc1. The van der Waals surface area contributed by atoms with Gasteiger partial charge in [0.25, 0.3) is 0 Å². The Morgan fingerprint density at radius 1 is 0.886 bits per heavy atom. The fourth-order valence-corrected chi connectivity index (χ4v) is 4.40. The van der Waals surface area contributed by atoms with Crippen LogP contribution in [-0.2, 0) is 16.1 Å². The number of nitrogens with zero attached hydrogens (tertiary/aromatic N) is 6. The molecule has 0 spiro atoms. The number of imide groups is 1. The van der Waals surface area contributed by atoms with E-state index in [1.807, 2.05) is 61.5 Å². The molecule has 3 N–H and O–H groups in total. The number of hydrogen-bond donors (Lipinski definition) is 2. The first-order valence-corrected chi connectivity index (χ1v) is 11.1. The molecule has 2 unspecified atom stereocenters. The van der Waals surface area contributed by atoms with E-state index in [0.717, 1.165) is 16.8 Å². The van der Waals surface area contributed by atoms with Gasteiger partial charge in [-0.25, -0.2) is 0 Å². The Morgan fingerprint density at radius 2 is 1.60 bits per heavy atom. The van der Waals surface area contributed by atoms with E-state index < -0.39 is 17.8 Å². The van der Waals surface area contributed by atoms with Crippen LogP contribution in [0.15, 0.2) is 59.1 Å². The number of hydrogen-bond acceptors (Lipinski definition) is 10. The highest BCUT2D eigenvalue weighted by atomic mass is 16.5. The van der Waals surface area contributed by atoms with Gasteiger partial charge in [-0.05, 0) is 24.6 Å². The first-order valence-electron chi connectivity index (χ1n) is 11.1. The zero-order chi connectivity index (χ0) is 24.1. The van der Waals surface area contributed by atoms with Gasteiger partial charge in [0.15, 0.2) is 0 Å². The molecule has 3 heterocycles. The van der Waals surface area contributed by atoms with Crippen molar-refractivity contribution >= 4 is 29.4 Å². The molecule has 0 radical (unpaired) electrons. The highest BCUT2D eigenvalue weighted by molar-refractivity contribution is 6.10. The molecule has 2 aromatic heterocycles. The molecule has 2 amide bonds. The molecule has 1 aliphatic heterocycles. The number of rotatable bonds is 6. The summed E-state index contributed by atoms with van der Waals surface area (Å²) in [5.74, 6) is -1.19. The number of benzene rings is 2. The van der Waals surface area contributed by atoms with Crippen LogP contribution in [0.3, 0.4) is 0 Å². The number of piperidine rings is 1. The first-order chi connectivity index (χ1) is 17.0. The quantitative estimate of drug-likeness (QED) is 0.403. The summed E-state index contributed by atoms with van der Waals surface area (Å²) in [4.78, 5) is 43.9. The zero-order valence-corrected chi connectivity index (χ0v) is 18.6. The molecule has 6 rings (SSSR count). The normalized spacial score (nSPS) is 20.7. The van der Waals surface area contributed by atoms with Crippen LogP contribution in [0.2, 0.25) is 0 Å². The van der Waals surface area contributed by atoms with Gasteiger partial charge in [0, 0.05) is 5.69 Å². The lowest BCUT2D eigenvalue weighted by molar-refractivity contribution is -0.142. The summed E-state index contributed by atoms with van der Waals surface area (Å²) in [5, 5.41) is 7.02. The summed E-state index contributed by atoms with van der Waals surface area (Å²) >= 11 is 0. The fourth-order valence-electron chi connectivity index (χ4n) is 4.40. The molecule has 2 fully saturated rings. The Morgan fingerprint density at radius 3 is 2.31 bits per heavy atom. The van der Waals surface area contributed by atoms with E-state index in [1.54, 1.807) is 0 Å². The van der Waals surface area contributed by atoms with E-state index in [4.69, 9.17) is 10.3 Å². The van der Waals surface area contributed by atoms with Crippen molar-refractivity contribution in [3.63, 3.8) is 0 Å². The van der Waals surface area contributed by atoms with Crippen LogP contribution in [0.1, 0.15) is 22.9 Å². The van der Waals surface area contributed by atoms with E-state index in [-0.39, 0.29) is 47.8 Å². The highest BCUT2D eigenvalue weighted by Crippen LogP contribution is 2.59. The van der Waals surface area contributed by atoms with E-state index >= 15 is 0 Å². The van der Waals surface area contributed by atoms with Crippen molar-refractivity contribution < 1.29 is 14.1 Å². The molecule has 11 nitrogen and oxygen atoms in total. The Labute approximate surface area is 199 Å². The van der Waals surface area contributed by atoms with Crippen molar-refractivity contribution in [2.75, 3.05) is 11.1 Å². The van der Waals surface area contributed by atoms with Gasteiger partial charge in [-0.2, -0.15) is 19.9 Å². The third-order valence-electron chi connectivity index (χ3n) is 6.19. The molecule has 1 aliphatic carbocycles. The molecular weight excluding hydrogens is 448 g/mol. The second kappa shape index (κ2) is 7.97. The second-order valence-corrected chi connectivity index (χ2v) is 8.61. The molecule has 11 heteroatoms. The van der Waals surface area contributed by atoms with Crippen LogP contribution in [0.5, 0.6) is 0 Å². The number of nitrogen functional groups attached to an aromatic ring is 1. The largest absolute Gasteiger partial charge is 0.368 e. The molecule has 2 atom stereocenters. The Balaban J connectivity index is 1.19. The first kappa shape index (κ1) is 20.9. The number of anilines is 3. The number of nitrogens with two attached hydrogens (primary N) is 1. The molecule has 1 saturated heterocycles. The van der Waals surface area contributed by atoms with Crippen molar-refractivity contribution in [1.29, 1.82) is 0 Å². The number of fused-ring (bicyclic) bond motifs is 1. The number of aryl methyl sites for hydroxylation is 1. The van der Waals surface area contributed by atoms with Gasteiger partial charge in [0.05, 0.1) is 24.3 Å². The predicted molar refractivity (Wildman–Crippen MR) is 124 cm³/mol. The van der Waals surface area contributed by atoms with Crippen LogP contribution in [0.4, 0.5) is 17.6 Å². The number of amides is 2. The maximum absolute atomic E-state index is 12.9. The zero-order valence-electron chi connectivity index (χ0n) is 18.6. The average Bonchev–Trinajstić information content (AvgIpc) is 3.31. The summed E-state index contributed by atoms with van der Waals surface area (Å²) in [6.07, 6.45) is 0. The highest BCUT2D eigenvalue weighted by Gasteiger charge is 2.69. The summed E-state index contributed by atoms with van der Waals surface area (Å²) in [6, 6.07) is 17.1. The minimum Gasteiger partial charge on any atom is -0.368 e. The maximum atomic E-state index is 12.9. The topological polar surface area (TPSA) is 153 Å². The molecule has 174 valence electrons. The van der Waals surface area contributed by atoms with E-state index in [2.05, 4.69) is 30.4 Å². The smallest absolute Gasteiger partial charge is 0.240 e. The van der Waals surface area contributed by atoms with Crippen molar-refractivity contribution in [3.8, 4) is 11.6 Å². The second-order valence-electron chi connectivity index (χ2n) is 8.61. The summed E-state index contributed by atoms with van der Waals surface area (Å²) < 4.78 is 5.40. The fraction of sp³-hybridized carbons (Fsp3) is 0.208. The molecule has 0 bridgehead atoms. The van der Waals surface area contributed by atoms with Crippen LogP contribution >= 0.6 is 0 Å².